The third-order valence-corrected chi connectivity index (χ3v) is 4.31. The molecular weight excluding hydrogens is 443 g/mol. The second-order valence-electron chi connectivity index (χ2n) is 6.44. The molecular formula is C20H15F5N2O5. The predicted octanol–water partition coefficient (Wildman–Crippen LogP) is 3.44. The molecule has 0 bridgehead atoms. The number of halogens is 5. The van der Waals surface area contributed by atoms with Crippen LogP contribution in [0.25, 0.3) is 0 Å². The minimum atomic E-state index is -4.95. The highest BCUT2D eigenvalue weighted by molar-refractivity contribution is 6.17. The maximum atomic E-state index is 14.2. The second-order valence-corrected chi connectivity index (χ2v) is 6.44. The number of benzene rings is 2. The van der Waals surface area contributed by atoms with Gasteiger partial charge in [-0.25, -0.2) is 8.78 Å². The van der Waals surface area contributed by atoms with E-state index in [2.05, 4.69) is 5.32 Å². The average molecular weight is 458 g/mol. The molecule has 7 nitrogen and oxygen atoms in total. The summed E-state index contributed by atoms with van der Waals surface area (Å²) in [7, 11) is 1.23. The number of anilines is 1. The number of aliphatic hydroxyl groups excluding tert-OH is 1. The molecule has 170 valence electrons. The number of rotatable bonds is 7. The first kappa shape index (κ1) is 23.0. The monoisotopic (exact) mass is 458 g/mol. The van der Waals surface area contributed by atoms with Crippen molar-refractivity contribution in [2.75, 3.05) is 25.6 Å². The molecule has 12 heteroatoms. The van der Waals surface area contributed by atoms with Crippen LogP contribution in [0.3, 0.4) is 0 Å². The Morgan fingerprint density at radius 1 is 1.06 bits per heavy atom. The highest BCUT2D eigenvalue weighted by Crippen LogP contribution is 2.39. The Kier molecular flexibility index (Phi) is 6.35. The molecule has 1 aliphatic rings. The molecule has 32 heavy (non-hydrogen) atoms. The zero-order chi connectivity index (χ0) is 23.6. The number of imide groups is 1. The number of ether oxygens (including phenoxy) is 2. The van der Waals surface area contributed by atoms with E-state index in [0.29, 0.717) is 0 Å². The van der Waals surface area contributed by atoms with E-state index in [9.17, 15) is 31.5 Å². The van der Waals surface area contributed by atoms with Crippen molar-refractivity contribution in [2.45, 2.75) is 6.18 Å². The number of aliphatic hydroxyl groups is 1. The number of carbonyl (C=O) groups is 2. The summed E-state index contributed by atoms with van der Waals surface area (Å²) in [6.07, 6.45) is -3.96. The Balaban J connectivity index is 1.89. The van der Waals surface area contributed by atoms with Crippen LogP contribution in [0.2, 0.25) is 0 Å². The number of nitrogens with one attached hydrogen (secondary N) is 1. The molecule has 1 heterocycles. The summed E-state index contributed by atoms with van der Waals surface area (Å²) in [6, 6.07) is 4.07. The first-order valence-corrected chi connectivity index (χ1v) is 8.92. The number of β-amino-alcohol motifs (C(OH)–C–C–N with tert-alkyl or cyclic N) is 1. The first-order valence-electron chi connectivity index (χ1n) is 8.92. The smallest absolute Gasteiger partial charge is 0.416 e. The van der Waals surface area contributed by atoms with Gasteiger partial charge in [-0.05, 0) is 24.3 Å². The summed E-state index contributed by atoms with van der Waals surface area (Å²) in [4.78, 5) is 24.9. The van der Waals surface area contributed by atoms with Crippen molar-refractivity contribution in [3.63, 3.8) is 0 Å². The Bertz CT molecular complexity index is 1080. The number of nitrogens with zero attached hydrogens (tertiary/aromatic N) is 1. The number of hydrogen-bond donors (Lipinski definition) is 2. The van der Waals surface area contributed by atoms with E-state index in [-0.39, 0.29) is 41.6 Å². The van der Waals surface area contributed by atoms with Crippen LogP contribution < -0.4 is 14.8 Å². The molecule has 2 amide bonds. The van der Waals surface area contributed by atoms with Crippen LogP contribution >= 0.6 is 0 Å². The van der Waals surface area contributed by atoms with Crippen molar-refractivity contribution in [3.8, 4) is 17.2 Å². The quantitative estimate of drug-likeness (QED) is 0.488. The molecule has 0 saturated heterocycles. The molecule has 3 rings (SSSR count). The number of carbonyl (C=O) groups excluding carboxylic acids is 2. The molecule has 2 aromatic carbocycles. The van der Waals surface area contributed by atoms with Crippen molar-refractivity contribution in [1.29, 1.82) is 0 Å². The van der Waals surface area contributed by atoms with Gasteiger partial charge < -0.3 is 19.9 Å². The lowest BCUT2D eigenvalue weighted by atomic mass is 10.2. The largest absolute Gasteiger partial charge is 0.493 e. The summed E-state index contributed by atoms with van der Waals surface area (Å²) in [5.41, 5.74) is -1.51. The first-order chi connectivity index (χ1) is 15.0. The van der Waals surface area contributed by atoms with Gasteiger partial charge in [0.25, 0.3) is 11.8 Å². The van der Waals surface area contributed by atoms with E-state index in [4.69, 9.17) is 14.6 Å². The highest BCUT2D eigenvalue weighted by atomic mass is 19.4. The molecule has 0 unspecified atom stereocenters. The Hall–Kier alpha value is -3.67. The number of methoxy groups -OCH3 is 1. The summed E-state index contributed by atoms with van der Waals surface area (Å²) in [5.74, 6) is -5.91. The number of hydrogen-bond acceptors (Lipinski definition) is 6. The van der Waals surface area contributed by atoms with Gasteiger partial charge in [0.1, 0.15) is 5.70 Å². The summed E-state index contributed by atoms with van der Waals surface area (Å²) in [5, 5.41) is 11.6. The lowest BCUT2D eigenvalue weighted by molar-refractivity contribution is -0.138. The third kappa shape index (κ3) is 4.64. The molecule has 2 N–H and O–H groups in total. The maximum Gasteiger partial charge on any atom is 0.416 e. The molecule has 0 fully saturated rings. The van der Waals surface area contributed by atoms with Crippen LogP contribution in [0.5, 0.6) is 17.2 Å². The SMILES string of the molecule is COc1ccc(NC2=CC(=O)N(CCO)C2=O)cc1Oc1c(F)cc(C(F)(F)F)cc1F. The van der Waals surface area contributed by atoms with Gasteiger partial charge in [0.15, 0.2) is 28.9 Å². The third-order valence-electron chi connectivity index (χ3n) is 4.31. The van der Waals surface area contributed by atoms with Crippen LogP contribution in [-0.2, 0) is 15.8 Å². The van der Waals surface area contributed by atoms with Gasteiger partial charge in [0.05, 0.1) is 25.8 Å². The van der Waals surface area contributed by atoms with E-state index in [0.717, 1.165) is 11.0 Å². The average Bonchev–Trinajstić information content (AvgIpc) is 2.97. The van der Waals surface area contributed by atoms with Crippen molar-refractivity contribution in [2.24, 2.45) is 0 Å². The van der Waals surface area contributed by atoms with Crippen LogP contribution in [0.4, 0.5) is 27.6 Å². The van der Waals surface area contributed by atoms with Gasteiger partial charge in [-0.15, -0.1) is 0 Å². The summed E-state index contributed by atoms with van der Waals surface area (Å²) >= 11 is 0. The standard InChI is InChI=1S/C20H15F5N2O5/c1-31-15-3-2-11(26-14-9-17(29)27(4-5-28)19(14)30)8-16(15)32-18-12(21)6-10(7-13(18)22)20(23,24)25/h2-3,6-9,26,28H,4-5H2,1H3. The highest BCUT2D eigenvalue weighted by Gasteiger charge is 2.33. The molecule has 0 spiro atoms. The Morgan fingerprint density at radius 2 is 1.72 bits per heavy atom. The Labute approximate surface area is 177 Å². The normalized spacial score (nSPS) is 14.0. The number of alkyl halides is 3. The fourth-order valence-electron chi connectivity index (χ4n) is 2.83. The Morgan fingerprint density at radius 3 is 2.28 bits per heavy atom. The van der Waals surface area contributed by atoms with Crippen molar-refractivity contribution in [3.05, 3.63) is 59.3 Å². The zero-order valence-electron chi connectivity index (χ0n) is 16.3. The molecule has 0 atom stereocenters. The van der Waals surface area contributed by atoms with Crippen molar-refractivity contribution in [1.82, 2.24) is 4.90 Å². The molecule has 0 radical (unpaired) electrons. The number of amides is 2. The fourth-order valence-corrected chi connectivity index (χ4v) is 2.83. The minimum Gasteiger partial charge on any atom is -0.493 e. The maximum absolute atomic E-state index is 14.2. The molecule has 0 aromatic heterocycles. The van der Waals surface area contributed by atoms with Crippen LogP contribution in [-0.4, -0.2) is 42.1 Å². The second kappa shape index (κ2) is 8.83. The van der Waals surface area contributed by atoms with Crippen LogP contribution in [0.1, 0.15) is 5.56 Å². The topological polar surface area (TPSA) is 88.1 Å². The van der Waals surface area contributed by atoms with Crippen LogP contribution in [0, 0.1) is 11.6 Å². The lowest BCUT2D eigenvalue weighted by Crippen LogP contribution is -2.34. The van der Waals surface area contributed by atoms with E-state index < -0.39 is 47.5 Å². The van der Waals surface area contributed by atoms with E-state index in [1.807, 2.05) is 0 Å². The predicted molar refractivity (Wildman–Crippen MR) is 99.9 cm³/mol. The summed E-state index contributed by atoms with van der Waals surface area (Å²) in [6.45, 7) is -0.633. The van der Waals surface area contributed by atoms with Gasteiger partial charge in [0, 0.05) is 17.8 Å². The van der Waals surface area contributed by atoms with Gasteiger partial charge in [-0.3, -0.25) is 14.5 Å². The van der Waals surface area contributed by atoms with Crippen molar-refractivity contribution < 1.29 is 46.1 Å². The molecule has 0 aliphatic carbocycles. The van der Waals surface area contributed by atoms with E-state index in [1.165, 1.54) is 25.3 Å². The fraction of sp³-hybridized carbons (Fsp3) is 0.200. The minimum absolute atomic E-state index is 0.0149. The van der Waals surface area contributed by atoms with Gasteiger partial charge in [-0.1, -0.05) is 0 Å². The van der Waals surface area contributed by atoms with Gasteiger partial charge >= 0.3 is 6.18 Å². The molecule has 1 aliphatic heterocycles. The zero-order valence-corrected chi connectivity index (χ0v) is 16.3. The van der Waals surface area contributed by atoms with Crippen LogP contribution in [0.15, 0.2) is 42.1 Å². The van der Waals surface area contributed by atoms with E-state index in [1.54, 1.807) is 0 Å². The van der Waals surface area contributed by atoms with E-state index >= 15 is 0 Å². The lowest BCUT2D eigenvalue weighted by Gasteiger charge is -2.16. The molecule has 0 saturated carbocycles. The summed E-state index contributed by atoms with van der Waals surface area (Å²) < 4.78 is 76.7. The van der Waals surface area contributed by atoms with Gasteiger partial charge in [0.2, 0.25) is 0 Å². The van der Waals surface area contributed by atoms with Gasteiger partial charge in [-0.2, -0.15) is 13.2 Å². The van der Waals surface area contributed by atoms with Crippen molar-refractivity contribution >= 4 is 17.5 Å². The molecule has 2 aromatic rings.